The van der Waals surface area contributed by atoms with Crippen molar-refractivity contribution in [3.05, 3.63) is 74.1 Å². The van der Waals surface area contributed by atoms with Crippen LogP contribution in [0.15, 0.2) is 46.0 Å². The Kier molecular flexibility index (Phi) is 5.89. The van der Waals surface area contributed by atoms with Crippen molar-refractivity contribution in [1.82, 2.24) is 24.8 Å². The molecular formula is C23H25N5O4. The van der Waals surface area contributed by atoms with Gasteiger partial charge >= 0.3 is 5.69 Å². The largest absolute Gasteiger partial charge is 0.339 e. The average molecular weight is 435 g/mol. The maximum atomic E-state index is 13.0. The van der Waals surface area contributed by atoms with E-state index in [1.807, 2.05) is 37.3 Å². The summed E-state index contributed by atoms with van der Waals surface area (Å²) in [5.74, 6) is -0.0933. The highest BCUT2D eigenvalue weighted by Gasteiger charge is 2.27. The van der Waals surface area contributed by atoms with Crippen LogP contribution in [0.4, 0.5) is 0 Å². The van der Waals surface area contributed by atoms with E-state index in [2.05, 4.69) is 15.0 Å². The first-order valence-electron chi connectivity index (χ1n) is 10.6. The number of amides is 2. The molecule has 0 saturated carbocycles. The lowest BCUT2D eigenvalue weighted by Crippen LogP contribution is -2.50. The predicted octanol–water partition coefficient (Wildman–Crippen LogP) is 1.40. The van der Waals surface area contributed by atoms with Crippen molar-refractivity contribution in [1.29, 1.82) is 0 Å². The highest BCUT2D eigenvalue weighted by atomic mass is 16.2. The van der Waals surface area contributed by atoms with Gasteiger partial charge in [-0.15, -0.1) is 0 Å². The Hall–Kier alpha value is -3.75. The normalized spacial score (nSPS) is 15.1. The second-order valence-corrected chi connectivity index (χ2v) is 8.15. The molecule has 1 aliphatic rings. The van der Waals surface area contributed by atoms with Crippen LogP contribution in [0.5, 0.6) is 0 Å². The summed E-state index contributed by atoms with van der Waals surface area (Å²) in [5.41, 5.74) is 0.726. The Morgan fingerprint density at radius 1 is 1.03 bits per heavy atom. The molecule has 2 aromatic heterocycles. The molecule has 166 valence electrons. The van der Waals surface area contributed by atoms with Gasteiger partial charge in [0.05, 0.1) is 5.39 Å². The van der Waals surface area contributed by atoms with Gasteiger partial charge in [0.2, 0.25) is 5.91 Å². The second-order valence-electron chi connectivity index (χ2n) is 8.15. The molecule has 1 aliphatic heterocycles. The standard InChI is InChI=1S/C23H25N5O4/c1-14(16-6-4-3-5-7-16)13-18(29)27-8-10-28(11-9-27)22(31)17-12-15(2)19-20(24-17)25-23(32)26-21(19)30/h3-7,12,14H,8-11,13H2,1-2H3,(H2,24,25,26,30,32). The summed E-state index contributed by atoms with van der Waals surface area (Å²) < 4.78 is 0. The highest BCUT2D eigenvalue weighted by molar-refractivity contribution is 5.95. The Balaban J connectivity index is 1.42. The van der Waals surface area contributed by atoms with Crippen molar-refractivity contribution in [2.24, 2.45) is 0 Å². The number of hydrogen-bond donors (Lipinski definition) is 2. The lowest BCUT2D eigenvalue weighted by Gasteiger charge is -2.35. The van der Waals surface area contributed by atoms with Gasteiger partial charge in [-0.25, -0.2) is 9.78 Å². The SMILES string of the molecule is Cc1cc(C(=O)N2CCN(C(=O)CC(C)c3ccccc3)CC2)nc2[nH]c(=O)[nH]c(=O)c12. The van der Waals surface area contributed by atoms with Crippen molar-refractivity contribution in [3.63, 3.8) is 0 Å². The minimum absolute atomic E-state index is 0.0740. The van der Waals surface area contributed by atoms with Crippen LogP contribution in [0.3, 0.4) is 0 Å². The fourth-order valence-corrected chi connectivity index (χ4v) is 4.08. The fraction of sp³-hybridized carbons (Fsp3) is 0.348. The number of benzene rings is 1. The van der Waals surface area contributed by atoms with Gasteiger partial charge < -0.3 is 9.80 Å². The van der Waals surface area contributed by atoms with Gasteiger partial charge in [-0.2, -0.15) is 0 Å². The van der Waals surface area contributed by atoms with E-state index in [0.29, 0.717) is 38.2 Å². The zero-order valence-electron chi connectivity index (χ0n) is 18.1. The number of hydrogen-bond acceptors (Lipinski definition) is 5. The molecule has 3 aromatic rings. The second kappa shape index (κ2) is 8.78. The number of pyridine rings is 1. The van der Waals surface area contributed by atoms with Crippen molar-refractivity contribution in [2.45, 2.75) is 26.2 Å². The molecular weight excluding hydrogens is 410 g/mol. The molecule has 0 spiro atoms. The number of H-pyrrole nitrogens is 2. The molecule has 9 heteroatoms. The summed E-state index contributed by atoms with van der Waals surface area (Å²) in [6.07, 6.45) is 0.422. The van der Waals surface area contributed by atoms with E-state index < -0.39 is 11.2 Å². The third-order valence-corrected chi connectivity index (χ3v) is 5.89. The predicted molar refractivity (Wildman–Crippen MR) is 120 cm³/mol. The van der Waals surface area contributed by atoms with Crippen molar-refractivity contribution in [3.8, 4) is 0 Å². The van der Waals surface area contributed by atoms with Crippen LogP contribution < -0.4 is 11.2 Å². The maximum Gasteiger partial charge on any atom is 0.327 e. The van der Waals surface area contributed by atoms with Gasteiger partial charge in [0.1, 0.15) is 11.3 Å². The molecule has 0 radical (unpaired) electrons. The van der Waals surface area contributed by atoms with Crippen LogP contribution in [-0.4, -0.2) is 62.7 Å². The topological polar surface area (TPSA) is 119 Å². The van der Waals surface area contributed by atoms with Gasteiger partial charge in [-0.1, -0.05) is 37.3 Å². The Morgan fingerprint density at radius 3 is 2.38 bits per heavy atom. The zero-order chi connectivity index (χ0) is 22.8. The molecule has 32 heavy (non-hydrogen) atoms. The Labute approximate surface area is 184 Å². The summed E-state index contributed by atoms with van der Waals surface area (Å²) in [6, 6.07) is 11.5. The van der Waals surface area contributed by atoms with E-state index in [1.165, 1.54) is 0 Å². The first-order valence-corrected chi connectivity index (χ1v) is 10.6. The molecule has 0 aliphatic carbocycles. The molecule has 1 fully saturated rings. The van der Waals surface area contributed by atoms with Gasteiger partial charge in [-0.3, -0.25) is 24.4 Å². The lowest BCUT2D eigenvalue weighted by molar-refractivity contribution is -0.133. The van der Waals surface area contributed by atoms with Gasteiger partial charge in [-0.05, 0) is 30.0 Å². The van der Waals surface area contributed by atoms with E-state index in [9.17, 15) is 19.2 Å². The number of nitrogens with one attached hydrogen (secondary N) is 2. The quantitative estimate of drug-likeness (QED) is 0.642. The smallest absolute Gasteiger partial charge is 0.327 e. The summed E-state index contributed by atoms with van der Waals surface area (Å²) >= 11 is 0. The summed E-state index contributed by atoms with van der Waals surface area (Å²) in [4.78, 5) is 61.6. The fourth-order valence-electron chi connectivity index (χ4n) is 4.08. The third-order valence-electron chi connectivity index (χ3n) is 5.89. The molecule has 9 nitrogen and oxygen atoms in total. The van der Waals surface area contributed by atoms with Crippen molar-refractivity contribution >= 4 is 22.8 Å². The first kappa shape index (κ1) is 21.5. The Bertz CT molecular complexity index is 1270. The van der Waals surface area contributed by atoms with Crippen LogP contribution in [0.1, 0.15) is 40.9 Å². The summed E-state index contributed by atoms with van der Waals surface area (Å²) in [6.45, 7) is 5.43. The number of carbonyl (C=O) groups is 2. The van der Waals surface area contributed by atoms with E-state index in [0.717, 1.165) is 5.56 Å². The molecule has 4 rings (SSSR count). The minimum Gasteiger partial charge on any atom is -0.339 e. The van der Waals surface area contributed by atoms with Gasteiger partial charge in [0.15, 0.2) is 0 Å². The molecule has 2 amide bonds. The summed E-state index contributed by atoms with van der Waals surface area (Å²) in [7, 11) is 0. The minimum atomic E-state index is -0.671. The molecule has 2 N–H and O–H groups in total. The van der Waals surface area contributed by atoms with Crippen LogP contribution in [0, 0.1) is 6.92 Å². The third kappa shape index (κ3) is 4.32. The molecule has 1 unspecified atom stereocenters. The molecule has 3 heterocycles. The van der Waals surface area contributed by atoms with Crippen LogP contribution in [-0.2, 0) is 4.79 Å². The Morgan fingerprint density at radius 2 is 1.69 bits per heavy atom. The first-order chi connectivity index (χ1) is 15.3. The maximum absolute atomic E-state index is 13.0. The van der Waals surface area contributed by atoms with Crippen molar-refractivity contribution < 1.29 is 9.59 Å². The number of aromatic nitrogens is 3. The molecule has 1 atom stereocenters. The molecule has 1 saturated heterocycles. The van der Waals surface area contributed by atoms with Crippen LogP contribution >= 0.6 is 0 Å². The van der Waals surface area contributed by atoms with E-state index in [4.69, 9.17) is 0 Å². The summed E-state index contributed by atoms with van der Waals surface area (Å²) in [5, 5.41) is 0.254. The van der Waals surface area contributed by atoms with Crippen molar-refractivity contribution in [2.75, 3.05) is 26.2 Å². The van der Waals surface area contributed by atoms with E-state index in [1.54, 1.807) is 22.8 Å². The number of aromatic amines is 2. The van der Waals surface area contributed by atoms with E-state index >= 15 is 0 Å². The number of carbonyl (C=O) groups excluding carboxylic acids is 2. The number of nitrogens with zero attached hydrogens (tertiary/aromatic N) is 3. The number of rotatable bonds is 4. The number of aryl methyl sites for hydroxylation is 1. The van der Waals surface area contributed by atoms with Gasteiger partial charge in [0.25, 0.3) is 11.5 Å². The van der Waals surface area contributed by atoms with Crippen LogP contribution in [0.2, 0.25) is 0 Å². The number of fused-ring (bicyclic) bond motifs is 1. The molecule has 1 aromatic carbocycles. The van der Waals surface area contributed by atoms with Gasteiger partial charge in [0, 0.05) is 32.6 Å². The van der Waals surface area contributed by atoms with Crippen LogP contribution in [0.25, 0.3) is 11.0 Å². The highest BCUT2D eigenvalue weighted by Crippen LogP contribution is 2.20. The lowest BCUT2D eigenvalue weighted by atomic mass is 9.97. The monoisotopic (exact) mass is 435 g/mol. The van der Waals surface area contributed by atoms with E-state index in [-0.39, 0.29) is 34.5 Å². The average Bonchev–Trinajstić information content (AvgIpc) is 2.78. The molecule has 0 bridgehead atoms. The number of piperazine rings is 1. The zero-order valence-corrected chi connectivity index (χ0v) is 18.1.